The van der Waals surface area contributed by atoms with Gasteiger partial charge in [-0.3, -0.25) is 0 Å². The monoisotopic (exact) mass is 290 g/mol. The third-order valence-electron chi connectivity index (χ3n) is 3.34. The molecule has 3 rings (SSSR count). The third kappa shape index (κ3) is 2.89. The predicted molar refractivity (Wildman–Crippen MR) is 85.5 cm³/mol. The molecule has 1 aliphatic heterocycles. The van der Waals surface area contributed by atoms with Crippen molar-refractivity contribution in [2.75, 3.05) is 25.0 Å². The van der Waals surface area contributed by atoms with E-state index >= 15 is 0 Å². The normalized spacial score (nSPS) is 16.9. The first-order chi connectivity index (χ1) is 9.38. The first-order valence-electron chi connectivity index (χ1n) is 6.61. The van der Waals surface area contributed by atoms with Crippen LogP contribution in [0.3, 0.4) is 0 Å². The summed E-state index contributed by atoms with van der Waals surface area (Å²) in [5, 5.41) is 3.19. The van der Waals surface area contributed by atoms with E-state index in [1.807, 2.05) is 25.2 Å². The highest BCUT2D eigenvalue weighted by atomic mass is 35.5. The second kappa shape index (κ2) is 6.64. The van der Waals surface area contributed by atoms with Crippen molar-refractivity contribution in [1.29, 1.82) is 0 Å². The van der Waals surface area contributed by atoms with Crippen LogP contribution >= 0.6 is 12.4 Å². The summed E-state index contributed by atoms with van der Waals surface area (Å²) in [6.45, 7) is 1.71. The lowest BCUT2D eigenvalue weighted by atomic mass is 10.1. The number of para-hydroxylation sites is 3. The third-order valence-corrected chi connectivity index (χ3v) is 3.34. The van der Waals surface area contributed by atoms with Crippen molar-refractivity contribution in [3.63, 3.8) is 0 Å². The van der Waals surface area contributed by atoms with Crippen LogP contribution in [-0.4, -0.2) is 26.2 Å². The van der Waals surface area contributed by atoms with Gasteiger partial charge in [0.25, 0.3) is 0 Å². The Balaban J connectivity index is 0.00000147. The zero-order valence-corrected chi connectivity index (χ0v) is 12.3. The average Bonchev–Trinajstić information content (AvgIpc) is 2.48. The summed E-state index contributed by atoms with van der Waals surface area (Å²) in [5.74, 6) is 0.956. The van der Waals surface area contributed by atoms with E-state index in [1.54, 1.807) is 0 Å². The maximum atomic E-state index is 6.02. The van der Waals surface area contributed by atoms with E-state index in [0.29, 0.717) is 0 Å². The summed E-state index contributed by atoms with van der Waals surface area (Å²) < 4.78 is 6.02. The molecular formula is C16H19ClN2O. The molecular weight excluding hydrogens is 272 g/mol. The molecule has 3 nitrogen and oxygen atoms in total. The molecule has 0 radical (unpaired) electrons. The van der Waals surface area contributed by atoms with Crippen LogP contribution in [0.1, 0.15) is 0 Å². The molecule has 0 saturated carbocycles. The first kappa shape index (κ1) is 14.7. The van der Waals surface area contributed by atoms with E-state index in [2.05, 4.69) is 46.6 Å². The topological polar surface area (TPSA) is 24.5 Å². The molecule has 20 heavy (non-hydrogen) atoms. The van der Waals surface area contributed by atoms with Gasteiger partial charge in [0.1, 0.15) is 11.9 Å². The Morgan fingerprint density at radius 2 is 1.80 bits per heavy atom. The zero-order chi connectivity index (χ0) is 13.1. The van der Waals surface area contributed by atoms with E-state index in [4.69, 9.17) is 4.74 Å². The number of hydrogen-bond donors (Lipinski definition) is 1. The quantitative estimate of drug-likeness (QED) is 0.939. The van der Waals surface area contributed by atoms with Crippen molar-refractivity contribution in [2.24, 2.45) is 0 Å². The number of rotatable bonds is 3. The van der Waals surface area contributed by atoms with Crippen molar-refractivity contribution in [3.8, 4) is 5.75 Å². The van der Waals surface area contributed by atoms with E-state index < -0.39 is 0 Å². The summed E-state index contributed by atoms with van der Waals surface area (Å²) >= 11 is 0. The second-order valence-electron chi connectivity index (χ2n) is 4.71. The highest BCUT2D eigenvalue weighted by molar-refractivity contribution is 5.85. The molecule has 1 heterocycles. The van der Waals surface area contributed by atoms with Crippen molar-refractivity contribution in [3.05, 3.63) is 54.6 Å². The van der Waals surface area contributed by atoms with Gasteiger partial charge in [-0.05, 0) is 31.3 Å². The van der Waals surface area contributed by atoms with Gasteiger partial charge in [0.05, 0.1) is 12.2 Å². The SMILES string of the molecule is CNCC1CN(c2ccccc2)c2ccccc2O1.Cl. The minimum Gasteiger partial charge on any atom is -0.485 e. The van der Waals surface area contributed by atoms with Crippen molar-refractivity contribution >= 4 is 23.8 Å². The van der Waals surface area contributed by atoms with Gasteiger partial charge >= 0.3 is 0 Å². The van der Waals surface area contributed by atoms with Crippen molar-refractivity contribution in [1.82, 2.24) is 5.32 Å². The van der Waals surface area contributed by atoms with Gasteiger partial charge in [-0.25, -0.2) is 0 Å². The Kier molecular flexibility index (Phi) is 4.88. The molecule has 0 aliphatic carbocycles. The van der Waals surface area contributed by atoms with E-state index in [0.717, 1.165) is 24.5 Å². The molecule has 0 aromatic heterocycles. The van der Waals surface area contributed by atoms with Crippen LogP contribution in [0.4, 0.5) is 11.4 Å². The number of fused-ring (bicyclic) bond motifs is 1. The van der Waals surface area contributed by atoms with Gasteiger partial charge in [0, 0.05) is 12.2 Å². The van der Waals surface area contributed by atoms with Crippen LogP contribution < -0.4 is 15.0 Å². The highest BCUT2D eigenvalue weighted by Crippen LogP contribution is 2.37. The van der Waals surface area contributed by atoms with Crippen LogP contribution in [0.25, 0.3) is 0 Å². The molecule has 0 fully saturated rings. The fraction of sp³-hybridized carbons (Fsp3) is 0.250. The Labute approximate surface area is 126 Å². The molecule has 4 heteroatoms. The van der Waals surface area contributed by atoms with Gasteiger partial charge < -0.3 is 15.0 Å². The van der Waals surface area contributed by atoms with Crippen molar-refractivity contribution < 1.29 is 4.74 Å². The van der Waals surface area contributed by atoms with E-state index in [1.165, 1.54) is 5.69 Å². The van der Waals surface area contributed by atoms with Crippen LogP contribution in [0, 0.1) is 0 Å². The summed E-state index contributed by atoms with van der Waals surface area (Å²) in [4.78, 5) is 2.32. The number of halogens is 1. The van der Waals surface area contributed by atoms with Gasteiger partial charge in [-0.2, -0.15) is 0 Å². The fourth-order valence-electron chi connectivity index (χ4n) is 2.48. The summed E-state index contributed by atoms with van der Waals surface area (Å²) in [5.41, 5.74) is 2.35. The number of anilines is 2. The Bertz CT molecular complexity index is 547. The van der Waals surface area contributed by atoms with Crippen LogP contribution in [0.5, 0.6) is 5.75 Å². The number of nitrogens with zero attached hydrogens (tertiary/aromatic N) is 1. The molecule has 0 amide bonds. The first-order valence-corrected chi connectivity index (χ1v) is 6.61. The molecule has 106 valence electrons. The largest absolute Gasteiger partial charge is 0.485 e. The molecule has 2 aromatic carbocycles. The van der Waals surface area contributed by atoms with E-state index in [-0.39, 0.29) is 18.5 Å². The standard InChI is InChI=1S/C16H18N2O.ClH/c1-17-11-14-12-18(13-7-3-2-4-8-13)15-9-5-6-10-16(15)19-14;/h2-10,14,17H,11-12H2,1H3;1H. The Morgan fingerprint density at radius 1 is 1.10 bits per heavy atom. The zero-order valence-electron chi connectivity index (χ0n) is 11.5. The van der Waals surface area contributed by atoms with Crippen LogP contribution in [-0.2, 0) is 0 Å². The maximum absolute atomic E-state index is 6.02. The van der Waals surface area contributed by atoms with Crippen LogP contribution in [0.15, 0.2) is 54.6 Å². The molecule has 0 bridgehead atoms. The Hall–Kier alpha value is -1.71. The second-order valence-corrected chi connectivity index (χ2v) is 4.71. The van der Waals surface area contributed by atoms with Gasteiger partial charge in [-0.1, -0.05) is 30.3 Å². The predicted octanol–water partition coefficient (Wildman–Crippen LogP) is 3.23. The molecule has 0 saturated heterocycles. The van der Waals surface area contributed by atoms with Gasteiger partial charge in [0.15, 0.2) is 0 Å². The number of ether oxygens (including phenoxy) is 1. The Morgan fingerprint density at radius 3 is 2.55 bits per heavy atom. The minimum atomic E-state index is 0. The number of likely N-dealkylation sites (N-methyl/N-ethyl adjacent to an activating group) is 1. The lowest BCUT2D eigenvalue weighted by Crippen LogP contribution is -2.42. The molecule has 1 N–H and O–H groups in total. The molecule has 1 aliphatic rings. The van der Waals surface area contributed by atoms with Gasteiger partial charge in [0.2, 0.25) is 0 Å². The van der Waals surface area contributed by atoms with Crippen molar-refractivity contribution in [2.45, 2.75) is 6.10 Å². The molecule has 0 spiro atoms. The fourth-order valence-corrected chi connectivity index (χ4v) is 2.48. The number of nitrogens with one attached hydrogen (secondary N) is 1. The molecule has 2 aromatic rings. The lowest BCUT2D eigenvalue weighted by Gasteiger charge is -2.36. The number of hydrogen-bond acceptors (Lipinski definition) is 3. The average molecular weight is 291 g/mol. The lowest BCUT2D eigenvalue weighted by molar-refractivity contribution is 0.197. The minimum absolute atomic E-state index is 0. The maximum Gasteiger partial charge on any atom is 0.143 e. The number of benzene rings is 2. The molecule has 1 unspecified atom stereocenters. The van der Waals surface area contributed by atoms with Crippen LogP contribution in [0.2, 0.25) is 0 Å². The summed E-state index contributed by atoms with van der Waals surface area (Å²) in [6, 6.07) is 18.7. The smallest absolute Gasteiger partial charge is 0.143 e. The highest BCUT2D eigenvalue weighted by Gasteiger charge is 2.25. The summed E-state index contributed by atoms with van der Waals surface area (Å²) in [6.07, 6.45) is 0.167. The van der Waals surface area contributed by atoms with Gasteiger partial charge in [-0.15, -0.1) is 12.4 Å². The van der Waals surface area contributed by atoms with E-state index in [9.17, 15) is 0 Å². The summed E-state index contributed by atoms with van der Waals surface area (Å²) in [7, 11) is 1.96. The molecule has 1 atom stereocenters.